The van der Waals surface area contributed by atoms with Gasteiger partial charge >= 0.3 is 5.97 Å². The molecule has 0 saturated heterocycles. The van der Waals surface area contributed by atoms with Gasteiger partial charge in [-0.15, -0.1) is 0 Å². The number of esters is 1. The molecule has 0 fully saturated rings. The van der Waals surface area contributed by atoms with Crippen LogP contribution in [0.15, 0.2) is 34.7 Å². The number of allylic oxidation sites excluding steroid dienone is 5. The molecule has 0 aromatic rings. The van der Waals surface area contributed by atoms with E-state index in [0.29, 0.717) is 12.0 Å². The maximum atomic E-state index is 13.6. The van der Waals surface area contributed by atoms with Crippen LogP contribution in [0.3, 0.4) is 0 Å². The van der Waals surface area contributed by atoms with E-state index >= 15 is 0 Å². The van der Waals surface area contributed by atoms with Crippen LogP contribution in [0.2, 0.25) is 0 Å². The molecule has 0 rings (SSSR count). The standard InChI is InChI=1S/C17H27FO2/c1-6-20-17(19)16(18)15(5)12-8-11-14(4)10-7-9-13(2)3/h9,11H,6-8,10,12H2,1-5H3/b14-11+,16-15-. The summed E-state index contributed by atoms with van der Waals surface area (Å²) < 4.78 is 18.2. The van der Waals surface area contributed by atoms with E-state index in [4.69, 9.17) is 0 Å². The van der Waals surface area contributed by atoms with Crippen molar-refractivity contribution in [2.24, 2.45) is 0 Å². The Balaban J connectivity index is 4.24. The van der Waals surface area contributed by atoms with Crippen molar-refractivity contribution in [2.45, 2.75) is 60.3 Å². The van der Waals surface area contributed by atoms with Crippen LogP contribution in [0.25, 0.3) is 0 Å². The van der Waals surface area contributed by atoms with E-state index in [-0.39, 0.29) is 6.61 Å². The highest BCUT2D eigenvalue weighted by molar-refractivity contribution is 5.86. The Morgan fingerprint density at radius 3 is 2.20 bits per heavy atom. The SMILES string of the molecule is CCOC(=O)/C(F)=C(\C)CC/C=C(\C)CCC=C(C)C. The normalized spacial score (nSPS) is 12.8. The Hall–Kier alpha value is -1.38. The molecule has 0 unspecified atom stereocenters. The molecule has 3 heteroatoms. The van der Waals surface area contributed by atoms with Crippen molar-refractivity contribution in [3.63, 3.8) is 0 Å². The number of rotatable bonds is 8. The van der Waals surface area contributed by atoms with Crippen molar-refractivity contribution in [3.8, 4) is 0 Å². The highest BCUT2D eigenvalue weighted by Crippen LogP contribution is 2.16. The molecule has 0 bridgehead atoms. The van der Waals surface area contributed by atoms with Crippen molar-refractivity contribution >= 4 is 5.97 Å². The summed E-state index contributed by atoms with van der Waals surface area (Å²) in [6, 6.07) is 0. The molecule has 0 aliphatic heterocycles. The van der Waals surface area contributed by atoms with E-state index in [1.807, 2.05) is 0 Å². The number of hydrogen-bond donors (Lipinski definition) is 0. The van der Waals surface area contributed by atoms with Gasteiger partial charge in [-0.3, -0.25) is 0 Å². The van der Waals surface area contributed by atoms with Gasteiger partial charge in [-0.2, -0.15) is 4.39 Å². The van der Waals surface area contributed by atoms with Gasteiger partial charge in [-0.1, -0.05) is 23.3 Å². The number of halogens is 1. The fourth-order valence-corrected chi connectivity index (χ4v) is 1.70. The average molecular weight is 282 g/mol. The van der Waals surface area contributed by atoms with Gasteiger partial charge in [0.25, 0.3) is 0 Å². The lowest BCUT2D eigenvalue weighted by atomic mass is 10.1. The molecule has 0 aromatic heterocycles. The van der Waals surface area contributed by atoms with Gasteiger partial charge in [0.2, 0.25) is 5.83 Å². The van der Waals surface area contributed by atoms with Gasteiger partial charge in [0.15, 0.2) is 0 Å². The Kier molecular flexibility index (Phi) is 9.69. The van der Waals surface area contributed by atoms with Crippen LogP contribution in [0.1, 0.15) is 60.3 Å². The Morgan fingerprint density at radius 2 is 1.65 bits per heavy atom. The van der Waals surface area contributed by atoms with Crippen LogP contribution in [-0.4, -0.2) is 12.6 Å². The molecule has 2 nitrogen and oxygen atoms in total. The molecule has 0 heterocycles. The largest absolute Gasteiger partial charge is 0.461 e. The van der Waals surface area contributed by atoms with Crippen LogP contribution < -0.4 is 0 Å². The van der Waals surface area contributed by atoms with E-state index in [0.717, 1.165) is 19.3 Å². The lowest BCUT2D eigenvalue weighted by Gasteiger charge is -2.04. The van der Waals surface area contributed by atoms with Crippen molar-refractivity contribution in [1.29, 1.82) is 0 Å². The fraction of sp³-hybridized carbons (Fsp3) is 0.588. The van der Waals surface area contributed by atoms with E-state index < -0.39 is 11.8 Å². The smallest absolute Gasteiger partial charge is 0.367 e. The van der Waals surface area contributed by atoms with Crippen LogP contribution in [-0.2, 0) is 9.53 Å². The summed E-state index contributed by atoms with van der Waals surface area (Å²) in [6.07, 6.45) is 7.68. The molecule has 0 amide bonds. The first-order valence-corrected chi connectivity index (χ1v) is 7.19. The Bertz CT molecular complexity index is 399. The molecule has 0 saturated carbocycles. The molecule has 20 heavy (non-hydrogen) atoms. The predicted octanol–water partition coefficient (Wildman–Crippen LogP) is 5.27. The Labute approximate surface area is 122 Å². The lowest BCUT2D eigenvalue weighted by molar-refractivity contribution is -0.140. The van der Waals surface area contributed by atoms with Gasteiger partial charge in [-0.05, 0) is 65.9 Å². The van der Waals surface area contributed by atoms with Crippen LogP contribution >= 0.6 is 0 Å². The number of carbonyl (C=O) groups is 1. The van der Waals surface area contributed by atoms with Crippen molar-refractivity contribution in [1.82, 2.24) is 0 Å². The van der Waals surface area contributed by atoms with E-state index in [9.17, 15) is 9.18 Å². The van der Waals surface area contributed by atoms with Gasteiger partial charge < -0.3 is 4.74 Å². The van der Waals surface area contributed by atoms with Crippen LogP contribution in [0.4, 0.5) is 4.39 Å². The maximum Gasteiger partial charge on any atom is 0.367 e. The summed E-state index contributed by atoms with van der Waals surface area (Å²) in [5.74, 6) is -1.60. The summed E-state index contributed by atoms with van der Waals surface area (Å²) in [7, 11) is 0. The molecule has 114 valence electrons. The zero-order chi connectivity index (χ0) is 15.5. The lowest BCUT2D eigenvalue weighted by Crippen LogP contribution is -2.06. The van der Waals surface area contributed by atoms with E-state index in [1.54, 1.807) is 13.8 Å². The first-order chi connectivity index (χ1) is 9.38. The van der Waals surface area contributed by atoms with Gasteiger partial charge in [0, 0.05) is 0 Å². The van der Waals surface area contributed by atoms with Crippen molar-refractivity contribution in [3.05, 3.63) is 34.7 Å². The molecule has 0 N–H and O–H groups in total. The number of ether oxygens (including phenoxy) is 1. The minimum atomic E-state index is -0.853. The molecule has 0 spiro atoms. The third-order valence-corrected chi connectivity index (χ3v) is 2.93. The second-order valence-corrected chi connectivity index (χ2v) is 5.22. The van der Waals surface area contributed by atoms with Gasteiger partial charge in [0.05, 0.1) is 6.61 Å². The molecular formula is C17H27FO2. The summed E-state index contributed by atoms with van der Waals surface area (Å²) in [5.41, 5.74) is 3.08. The Morgan fingerprint density at radius 1 is 1.05 bits per heavy atom. The summed E-state index contributed by atoms with van der Waals surface area (Å²) >= 11 is 0. The zero-order valence-corrected chi connectivity index (χ0v) is 13.4. The summed E-state index contributed by atoms with van der Waals surface area (Å²) in [4.78, 5) is 11.2. The van der Waals surface area contributed by atoms with Gasteiger partial charge in [-0.25, -0.2) is 4.79 Å². The molecule has 0 atom stereocenters. The second-order valence-electron chi connectivity index (χ2n) is 5.22. The van der Waals surface area contributed by atoms with Crippen LogP contribution in [0.5, 0.6) is 0 Å². The van der Waals surface area contributed by atoms with E-state index in [2.05, 4.69) is 37.7 Å². The predicted molar refractivity (Wildman–Crippen MR) is 82.1 cm³/mol. The van der Waals surface area contributed by atoms with Gasteiger partial charge in [0.1, 0.15) is 0 Å². The second kappa shape index (κ2) is 10.4. The summed E-state index contributed by atoms with van der Waals surface area (Å²) in [6.45, 7) is 9.76. The highest BCUT2D eigenvalue weighted by atomic mass is 19.1. The van der Waals surface area contributed by atoms with Crippen LogP contribution in [0, 0.1) is 0 Å². The van der Waals surface area contributed by atoms with E-state index in [1.165, 1.54) is 11.1 Å². The highest BCUT2D eigenvalue weighted by Gasteiger charge is 2.12. The first-order valence-electron chi connectivity index (χ1n) is 7.19. The minimum Gasteiger partial charge on any atom is -0.461 e. The monoisotopic (exact) mass is 282 g/mol. The molecule has 0 aromatic carbocycles. The summed E-state index contributed by atoms with van der Waals surface area (Å²) in [5, 5.41) is 0. The van der Waals surface area contributed by atoms with Crippen molar-refractivity contribution in [2.75, 3.05) is 6.61 Å². The number of carbonyl (C=O) groups excluding carboxylic acids is 1. The first kappa shape index (κ1) is 18.6. The minimum absolute atomic E-state index is 0.197. The third-order valence-electron chi connectivity index (χ3n) is 2.93. The maximum absolute atomic E-state index is 13.6. The molecule has 0 radical (unpaired) electrons. The zero-order valence-electron chi connectivity index (χ0n) is 13.4. The fourth-order valence-electron chi connectivity index (χ4n) is 1.70. The van der Waals surface area contributed by atoms with Crippen molar-refractivity contribution < 1.29 is 13.9 Å². The topological polar surface area (TPSA) is 26.3 Å². The average Bonchev–Trinajstić information content (AvgIpc) is 2.37. The quantitative estimate of drug-likeness (QED) is 0.344. The number of hydrogen-bond acceptors (Lipinski definition) is 2. The third kappa shape index (κ3) is 8.68. The molecule has 0 aliphatic carbocycles. The molecule has 0 aliphatic rings. The molecular weight excluding hydrogens is 255 g/mol.